The van der Waals surface area contributed by atoms with Crippen molar-refractivity contribution in [2.75, 3.05) is 0 Å². The summed E-state index contributed by atoms with van der Waals surface area (Å²) < 4.78 is 0. The number of rotatable bonds is 5. The van der Waals surface area contributed by atoms with Crippen LogP contribution in [0.4, 0.5) is 0 Å². The molecule has 0 saturated heterocycles. The van der Waals surface area contributed by atoms with Gasteiger partial charge in [-0.25, -0.2) is 0 Å². The highest BCUT2D eigenvalue weighted by atomic mass is 14.7. The van der Waals surface area contributed by atoms with Gasteiger partial charge < -0.3 is 0 Å². The van der Waals surface area contributed by atoms with Crippen LogP contribution >= 0.6 is 0 Å². The van der Waals surface area contributed by atoms with Crippen molar-refractivity contribution in [3.8, 4) is 66.9 Å². The molecule has 1 aromatic heterocycles. The maximum atomic E-state index is 5.22. The highest BCUT2D eigenvalue weighted by Crippen LogP contribution is 2.51. The van der Waals surface area contributed by atoms with E-state index in [4.69, 9.17) is 4.98 Å². The van der Waals surface area contributed by atoms with Gasteiger partial charge in [0.15, 0.2) is 0 Å². The molecule has 0 atom stereocenters. The normalized spacial score (nSPS) is 12.9. The van der Waals surface area contributed by atoms with Crippen LogP contribution in [0.15, 0.2) is 188 Å². The van der Waals surface area contributed by atoms with Gasteiger partial charge in [0.2, 0.25) is 0 Å². The van der Waals surface area contributed by atoms with E-state index in [0.717, 1.165) is 16.8 Å². The largest absolute Gasteiger partial charge is 0.256 e. The number of hydrogen-bond donors (Lipinski definition) is 0. The molecular weight excluding hydrogens is 639 g/mol. The van der Waals surface area contributed by atoms with E-state index in [1.165, 1.54) is 82.7 Å². The first-order chi connectivity index (χ1) is 26.0. The quantitative estimate of drug-likeness (QED) is 0.165. The van der Waals surface area contributed by atoms with Crippen LogP contribution in [-0.2, 0) is 5.41 Å². The summed E-state index contributed by atoms with van der Waals surface area (Å²) in [6.45, 7) is 4.72. The van der Waals surface area contributed by atoms with Crippen molar-refractivity contribution in [1.82, 2.24) is 4.98 Å². The summed E-state index contributed by atoms with van der Waals surface area (Å²) in [4.78, 5) is 5.22. The van der Waals surface area contributed by atoms with E-state index in [2.05, 4.69) is 196 Å². The molecule has 0 unspecified atom stereocenters. The van der Waals surface area contributed by atoms with Crippen LogP contribution < -0.4 is 0 Å². The molecule has 1 nitrogen and oxygen atoms in total. The summed E-state index contributed by atoms with van der Waals surface area (Å²) in [5.41, 5.74) is 17.1. The summed E-state index contributed by atoms with van der Waals surface area (Å²) in [5, 5.41) is 4.90. The van der Waals surface area contributed by atoms with Crippen LogP contribution in [0.2, 0.25) is 0 Å². The fourth-order valence-corrected chi connectivity index (χ4v) is 8.68. The molecule has 0 fully saturated rings. The highest BCUT2D eigenvalue weighted by molar-refractivity contribution is 6.21. The van der Waals surface area contributed by atoms with E-state index in [0.29, 0.717) is 0 Å². The minimum absolute atomic E-state index is 0.0678. The standard InChI is InChI=1S/C52H37N/c1-52(2)47-24-14-13-19-41(47)42-27-25-36(32-48(42)52)50-43-20-9-11-22-45(43)51(46-23-12-10-21-44(46)50)49-28-26-37(33-53-49)40-30-38(34-15-5-3-6-16-34)29-39(31-40)35-17-7-4-8-18-35/h3-33H,1-2H3. The third-order valence-corrected chi connectivity index (χ3v) is 11.3. The zero-order chi connectivity index (χ0) is 35.5. The van der Waals surface area contributed by atoms with Gasteiger partial charge in [-0.15, -0.1) is 0 Å². The van der Waals surface area contributed by atoms with Crippen LogP contribution in [-0.4, -0.2) is 4.98 Å². The Kier molecular flexibility index (Phi) is 7.23. The van der Waals surface area contributed by atoms with Crippen molar-refractivity contribution in [3.63, 3.8) is 0 Å². The molecule has 10 rings (SSSR count). The molecule has 0 N–H and O–H groups in total. The Balaban J connectivity index is 1.12. The van der Waals surface area contributed by atoms with Crippen molar-refractivity contribution in [3.05, 3.63) is 199 Å². The average Bonchev–Trinajstić information content (AvgIpc) is 3.45. The van der Waals surface area contributed by atoms with E-state index in [1.54, 1.807) is 0 Å². The summed E-state index contributed by atoms with van der Waals surface area (Å²) >= 11 is 0. The number of benzene rings is 8. The van der Waals surface area contributed by atoms with Crippen molar-refractivity contribution in [2.45, 2.75) is 19.3 Å². The van der Waals surface area contributed by atoms with Gasteiger partial charge in [-0.05, 0) is 113 Å². The Bertz CT molecular complexity index is 2710. The van der Waals surface area contributed by atoms with Gasteiger partial charge in [-0.2, -0.15) is 0 Å². The molecule has 1 heteroatoms. The van der Waals surface area contributed by atoms with Crippen molar-refractivity contribution >= 4 is 21.5 Å². The van der Waals surface area contributed by atoms with E-state index < -0.39 is 0 Å². The maximum Gasteiger partial charge on any atom is 0.0714 e. The van der Waals surface area contributed by atoms with Gasteiger partial charge in [0.05, 0.1) is 5.69 Å². The second kappa shape index (κ2) is 12.3. The molecule has 9 aromatic rings. The topological polar surface area (TPSA) is 12.9 Å². The molecule has 250 valence electrons. The molecule has 1 aliphatic rings. The molecule has 0 spiro atoms. The molecule has 0 radical (unpaired) electrons. The molecule has 0 bridgehead atoms. The zero-order valence-corrected chi connectivity index (χ0v) is 29.8. The second-order valence-corrected chi connectivity index (χ2v) is 14.7. The van der Waals surface area contributed by atoms with Gasteiger partial charge in [0.25, 0.3) is 0 Å². The van der Waals surface area contributed by atoms with E-state index in [9.17, 15) is 0 Å². The lowest BCUT2D eigenvalue weighted by Gasteiger charge is -2.23. The number of fused-ring (bicyclic) bond motifs is 5. The minimum Gasteiger partial charge on any atom is -0.256 e. The molecule has 0 saturated carbocycles. The van der Waals surface area contributed by atoms with Crippen molar-refractivity contribution < 1.29 is 0 Å². The lowest BCUT2D eigenvalue weighted by atomic mass is 9.80. The smallest absolute Gasteiger partial charge is 0.0714 e. The Morgan fingerprint density at radius 2 is 0.811 bits per heavy atom. The van der Waals surface area contributed by atoms with E-state index in [1.807, 2.05) is 6.20 Å². The van der Waals surface area contributed by atoms with Gasteiger partial charge in [0, 0.05) is 22.7 Å². The molecule has 8 aromatic carbocycles. The Morgan fingerprint density at radius 3 is 1.38 bits per heavy atom. The Labute approximate surface area is 310 Å². The lowest BCUT2D eigenvalue weighted by Crippen LogP contribution is -2.14. The Morgan fingerprint density at radius 1 is 0.340 bits per heavy atom. The van der Waals surface area contributed by atoms with Crippen LogP contribution in [0, 0.1) is 0 Å². The fraction of sp³-hybridized carbons (Fsp3) is 0.0577. The molecular formula is C52H37N. The van der Waals surface area contributed by atoms with Gasteiger partial charge in [-0.3, -0.25) is 4.98 Å². The molecule has 53 heavy (non-hydrogen) atoms. The summed E-state index contributed by atoms with van der Waals surface area (Å²) in [6.07, 6.45) is 2.05. The summed E-state index contributed by atoms with van der Waals surface area (Å²) in [6, 6.07) is 66.3. The third kappa shape index (κ3) is 5.12. The van der Waals surface area contributed by atoms with Crippen LogP contribution in [0.3, 0.4) is 0 Å². The third-order valence-electron chi connectivity index (χ3n) is 11.3. The van der Waals surface area contributed by atoms with E-state index in [-0.39, 0.29) is 5.41 Å². The highest BCUT2D eigenvalue weighted by Gasteiger charge is 2.35. The van der Waals surface area contributed by atoms with Crippen LogP contribution in [0.25, 0.3) is 88.4 Å². The van der Waals surface area contributed by atoms with Crippen molar-refractivity contribution in [1.29, 1.82) is 0 Å². The van der Waals surface area contributed by atoms with Gasteiger partial charge >= 0.3 is 0 Å². The average molecular weight is 676 g/mol. The lowest BCUT2D eigenvalue weighted by molar-refractivity contribution is 0.660. The first-order valence-electron chi connectivity index (χ1n) is 18.5. The first-order valence-corrected chi connectivity index (χ1v) is 18.5. The van der Waals surface area contributed by atoms with Gasteiger partial charge in [-0.1, -0.05) is 166 Å². The van der Waals surface area contributed by atoms with Gasteiger partial charge in [0.1, 0.15) is 0 Å². The first kappa shape index (κ1) is 31.2. The maximum absolute atomic E-state index is 5.22. The molecule has 0 amide bonds. The molecule has 0 aliphatic heterocycles. The number of aromatic nitrogens is 1. The number of hydrogen-bond acceptors (Lipinski definition) is 1. The summed E-state index contributed by atoms with van der Waals surface area (Å²) in [5.74, 6) is 0. The molecule has 1 aliphatic carbocycles. The van der Waals surface area contributed by atoms with Crippen molar-refractivity contribution in [2.24, 2.45) is 0 Å². The summed E-state index contributed by atoms with van der Waals surface area (Å²) in [7, 11) is 0. The predicted molar refractivity (Wildman–Crippen MR) is 224 cm³/mol. The zero-order valence-electron chi connectivity index (χ0n) is 29.8. The predicted octanol–water partition coefficient (Wildman–Crippen LogP) is 14.0. The number of nitrogens with zero attached hydrogens (tertiary/aromatic N) is 1. The Hall–Kier alpha value is -6.57. The monoisotopic (exact) mass is 675 g/mol. The van der Waals surface area contributed by atoms with Crippen LogP contribution in [0.5, 0.6) is 0 Å². The fourth-order valence-electron chi connectivity index (χ4n) is 8.68. The SMILES string of the molecule is CC1(C)c2ccccc2-c2ccc(-c3c4ccccc4c(-c4ccc(-c5cc(-c6ccccc6)cc(-c6ccccc6)c5)cn4)c4ccccc34)cc21. The molecule has 1 heterocycles. The minimum atomic E-state index is -0.0678. The van der Waals surface area contributed by atoms with Crippen LogP contribution in [0.1, 0.15) is 25.0 Å². The number of pyridine rings is 1. The second-order valence-electron chi connectivity index (χ2n) is 14.7. The van der Waals surface area contributed by atoms with E-state index >= 15 is 0 Å².